The van der Waals surface area contributed by atoms with E-state index in [4.69, 9.17) is 14.6 Å². The molecule has 0 aliphatic carbocycles. The minimum absolute atomic E-state index is 0.175. The molecule has 0 bridgehead atoms. The maximum Gasteiger partial charge on any atom is 0.165 e. The minimum Gasteiger partial charge on any atom is -0.493 e. The van der Waals surface area contributed by atoms with Crippen LogP contribution in [0.2, 0.25) is 0 Å². The van der Waals surface area contributed by atoms with Crippen molar-refractivity contribution in [3.05, 3.63) is 23.8 Å². The van der Waals surface area contributed by atoms with Gasteiger partial charge in [-0.1, -0.05) is 26.0 Å². The molecule has 4 nitrogen and oxygen atoms in total. The van der Waals surface area contributed by atoms with Crippen LogP contribution in [0.1, 0.15) is 32.3 Å². The average Bonchev–Trinajstić information content (AvgIpc) is 2.44. The first-order chi connectivity index (χ1) is 9.54. The summed E-state index contributed by atoms with van der Waals surface area (Å²) in [5.74, 6) is 1.54. The first-order valence-corrected chi connectivity index (χ1v) is 7.05. The van der Waals surface area contributed by atoms with Gasteiger partial charge in [-0.05, 0) is 24.3 Å². The summed E-state index contributed by atoms with van der Waals surface area (Å²) in [6.07, 6.45) is 1.85. The summed E-state index contributed by atoms with van der Waals surface area (Å²) in [5, 5.41) is 12.4. The van der Waals surface area contributed by atoms with E-state index in [2.05, 4.69) is 19.2 Å². The Hall–Kier alpha value is -1.26. The standard InChI is InChI=1S/C16H27NO3/c1-16(2,9-6-10-18)12-17-11-13-7-5-8-14(19-3)15(13)20-4/h5,7-8,17-18H,6,9-12H2,1-4H3. The lowest BCUT2D eigenvalue weighted by atomic mass is 9.88. The molecular formula is C16H27NO3. The molecule has 1 aromatic rings. The molecule has 2 N–H and O–H groups in total. The molecule has 0 aromatic heterocycles. The van der Waals surface area contributed by atoms with Crippen molar-refractivity contribution in [2.75, 3.05) is 27.4 Å². The van der Waals surface area contributed by atoms with Crippen LogP contribution in [0, 0.1) is 5.41 Å². The van der Waals surface area contributed by atoms with Gasteiger partial charge in [-0.25, -0.2) is 0 Å². The van der Waals surface area contributed by atoms with Crippen LogP contribution in [0.4, 0.5) is 0 Å². The monoisotopic (exact) mass is 281 g/mol. The van der Waals surface area contributed by atoms with E-state index in [-0.39, 0.29) is 12.0 Å². The average molecular weight is 281 g/mol. The number of hydrogen-bond donors (Lipinski definition) is 2. The van der Waals surface area contributed by atoms with Crippen molar-refractivity contribution in [3.8, 4) is 11.5 Å². The Morgan fingerprint density at radius 2 is 1.95 bits per heavy atom. The van der Waals surface area contributed by atoms with Crippen LogP contribution in [0.5, 0.6) is 11.5 Å². The highest BCUT2D eigenvalue weighted by Gasteiger charge is 2.17. The molecule has 0 aliphatic heterocycles. The third-order valence-electron chi connectivity index (χ3n) is 3.42. The van der Waals surface area contributed by atoms with Crippen molar-refractivity contribution in [3.63, 3.8) is 0 Å². The van der Waals surface area contributed by atoms with E-state index in [9.17, 15) is 0 Å². The SMILES string of the molecule is COc1cccc(CNCC(C)(C)CCCO)c1OC. The van der Waals surface area contributed by atoms with Crippen LogP contribution < -0.4 is 14.8 Å². The van der Waals surface area contributed by atoms with E-state index < -0.39 is 0 Å². The van der Waals surface area contributed by atoms with Gasteiger partial charge in [-0.3, -0.25) is 0 Å². The zero-order valence-corrected chi connectivity index (χ0v) is 13.0. The third-order valence-corrected chi connectivity index (χ3v) is 3.42. The first-order valence-electron chi connectivity index (χ1n) is 7.05. The second-order valence-corrected chi connectivity index (χ2v) is 5.75. The molecule has 0 saturated heterocycles. The Kier molecular flexibility index (Phi) is 6.82. The van der Waals surface area contributed by atoms with Gasteiger partial charge in [0.25, 0.3) is 0 Å². The zero-order chi connectivity index (χ0) is 15.0. The van der Waals surface area contributed by atoms with Gasteiger partial charge >= 0.3 is 0 Å². The maximum absolute atomic E-state index is 8.91. The molecule has 1 rings (SSSR count). The Bertz CT molecular complexity index is 405. The van der Waals surface area contributed by atoms with Gasteiger partial charge in [-0.2, -0.15) is 0 Å². The predicted octanol–water partition coefficient (Wildman–Crippen LogP) is 2.59. The summed E-state index contributed by atoms with van der Waals surface area (Å²) >= 11 is 0. The molecule has 0 spiro atoms. The molecule has 0 aliphatic rings. The highest BCUT2D eigenvalue weighted by atomic mass is 16.5. The number of hydrogen-bond acceptors (Lipinski definition) is 4. The molecule has 0 unspecified atom stereocenters. The fourth-order valence-electron chi connectivity index (χ4n) is 2.27. The largest absolute Gasteiger partial charge is 0.493 e. The summed E-state index contributed by atoms with van der Waals surface area (Å²) in [7, 11) is 3.31. The number of benzene rings is 1. The number of aliphatic hydroxyl groups is 1. The molecule has 4 heteroatoms. The number of rotatable bonds is 9. The molecule has 1 aromatic carbocycles. The topological polar surface area (TPSA) is 50.7 Å². The number of methoxy groups -OCH3 is 2. The fraction of sp³-hybridized carbons (Fsp3) is 0.625. The van der Waals surface area contributed by atoms with Gasteiger partial charge in [-0.15, -0.1) is 0 Å². The van der Waals surface area contributed by atoms with E-state index >= 15 is 0 Å². The van der Waals surface area contributed by atoms with Crippen LogP contribution >= 0.6 is 0 Å². The molecular weight excluding hydrogens is 254 g/mol. The van der Waals surface area contributed by atoms with Crippen LogP contribution in [0.15, 0.2) is 18.2 Å². The Morgan fingerprint density at radius 3 is 2.55 bits per heavy atom. The van der Waals surface area contributed by atoms with E-state index in [0.717, 1.165) is 43.0 Å². The molecule has 0 heterocycles. The van der Waals surface area contributed by atoms with Gasteiger partial charge in [0.1, 0.15) is 0 Å². The molecule has 0 atom stereocenters. The second-order valence-electron chi connectivity index (χ2n) is 5.75. The van der Waals surface area contributed by atoms with Crippen molar-refractivity contribution in [2.45, 2.75) is 33.2 Å². The molecule has 0 amide bonds. The van der Waals surface area contributed by atoms with Gasteiger partial charge < -0.3 is 19.9 Å². The summed E-state index contributed by atoms with van der Waals surface area (Å²) < 4.78 is 10.7. The van der Waals surface area contributed by atoms with Crippen molar-refractivity contribution < 1.29 is 14.6 Å². The molecule has 0 fully saturated rings. The Morgan fingerprint density at radius 1 is 1.20 bits per heavy atom. The predicted molar refractivity (Wildman–Crippen MR) is 81.4 cm³/mol. The summed E-state index contributed by atoms with van der Waals surface area (Å²) in [6, 6.07) is 5.90. The van der Waals surface area contributed by atoms with E-state index in [0.29, 0.717) is 0 Å². The highest BCUT2D eigenvalue weighted by molar-refractivity contribution is 5.46. The normalized spacial score (nSPS) is 11.4. The number of nitrogens with one attached hydrogen (secondary N) is 1. The van der Waals surface area contributed by atoms with E-state index in [1.807, 2.05) is 18.2 Å². The zero-order valence-electron chi connectivity index (χ0n) is 13.0. The Balaban J connectivity index is 2.57. The molecule has 0 radical (unpaired) electrons. The van der Waals surface area contributed by atoms with Gasteiger partial charge in [0, 0.05) is 25.3 Å². The fourth-order valence-corrected chi connectivity index (χ4v) is 2.27. The molecule has 20 heavy (non-hydrogen) atoms. The maximum atomic E-state index is 8.91. The minimum atomic E-state index is 0.175. The number of ether oxygens (including phenoxy) is 2. The number of para-hydroxylation sites is 1. The quantitative estimate of drug-likeness (QED) is 0.730. The highest BCUT2D eigenvalue weighted by Crippen LogP contribution is 2.30. The van der Waals surface area contributed by atoms with Crippen molar-refractivity contribution in [1.29, 1.82) is 0 Å². The van der Waals surface area contributed by atoms with Gasteiger partial charge in [0.2, 0.25) is 0 Å². The van der Waals surface area contributed by atoms with Gasteiger partial charge in [0.05, 0.1) is 14.2 Å². The lowest BCUT2D eigenvalue weighted by Crippen LogP contribution is -2.29. The van der Waals surface area contributed by atoms with Crippen LogP contribution in [0.25, 0.3) is 0 Å². The molecule has 0 saturated carbocycles. The second kappa shape index (κ2) is 8.12. The summed E-state index contributed by atoms with van der Waals surface area (Å²) in [4.78, 5) is 0. The smallest absolute Gasteiger partial charge is 0.165 e. The van der Waals surface area contributed by atoms with Crippen molar-refractivity contribution in [1.82, 2.24) is 5.32 Å². The van der Waals surface area contributed by atoms with Crippen LogP contribution in [-0.2, 0) is 6.54 Å². The molecule has 114 valence electrons. The van der Waals surface area contributed by atoms with E-state index in [1.54, 1.807) is 14.2 Å². The van der Waals surface area contributed by atoms with Crippen LogP contribution in [0.3, 0.4) is 0 Å². The van der Waals surface area contributed by atoms with Crippen molar-refractivity contribution in [2.24, 2.45) is 5.41 Å². The van der Waals surface area contributed by atoms with Crippen LogP contribution in [-0.4, -0.2) is 32.5 Å². The lowest BCUT2D eigenvalue weighted by Gasteiger charge is -2.25. The van der Waals surface area contributed by atoms with Crippen molar-refractivity contribution >= 4 is 0 Å². The lowest BCUT2D eigenvalue weighted by molar-refractivity contribution is 0.236. The summed E-state index contributed by atoms with van der Waals surface area (Å²) in [5.41, 5.74) is 1.26. The summed E-state index contributed by atoms with van der Waals surface area (Å²) in [6.45, 7) is 6.31. The first kappa shape index (κ1) is 16.8. The van der Waals surface area contributed by atoms with E-state index in [1.165, 1.54) is 0 Å². The number of aliphatic hydroxyl groups excluding tert-OH is 1. The third kappa shape index (κ3) is 5.02. The van der Waals surface area contributed by atoms with Gasteiger partial charge in [0.15, 0.2) is 11.5 Å². The Labute approximate surface area is 122 Å².